The molecule has 0 N–H and O–H groups in total. The molecule has 0 aliphatic heterocycles. The van der Waals surface area contributed by atoms with Gasteiger partial charge in [-0.05, 0) is 18.4 Å². The summed E-state index contributed by atoms with van der Waals surface area (Å²) in [4.78, 5) is 22.1. The molecule has 0 unspecified atom stereocenters. The van der Waals surface area contributed by atoms with Crippen molar-refractivity contribution in [1.29, 1.82) is 0 Å². The number of nitrogens with zero attached hydrogens (tertiary/aromatic N) is 1. The Bertz CT molecular complexity index is 336. The van der Waals surface area contributed by atoms with Gasteiger partial charge in [-0.3, -0.25) is 10.1 Å². The molecule has 0 radical (unpaired) electrons. The fourth-order valence-electron chi connectivity index (χ4n) is 1.10. The second-order valence-corrected chi connectivity index (χ2v) is 3.87. The summed E-state index contributed by atoms with van der Waals surface area (Å²) in [6.45, 7) is 1.79. The van der Waals surface area contributed by atoms with Crippen LogP contribution in [-0.2, 0) is 16.0 Å². The number of carbonyl (C=O) groups excluding carboxylic acids is 1. The molecule has 0 aromatic carbocycles. The summed E-state index contributed by atoms with van der Waals surface area (Å²) in [5, 5.41) is 12.5. The molecular formula is C9H11NO4S. The van der Waals surface area contributed by atoms with Crippen molar-refractivity contribution < 1.29 is 14.5 Å². The lowest BCUT2D eigenvalue weighted by Gasteiger charge is -2.06. The van der Waals surface area contributed by atoms with Gasteiger partial charge in [0.25, 0.3) is 0 Å². The first kappa shape index (κ1) is 11.6. The lowest BCUT2D eigenvalue weighted by molar-refractivity contribution is -0.510. The fourth-order valence-corrected chi connectivity index (χ4v) is 1.84. The minimum atomic E-state index is -1.29. The predicted molar refractivity (Wildman–Crippen MR) is 55.4 cm³/mol. The van der Waals surface area contributed by atoms with Gasteiger partial charge in [-0.1, -0.05) is 6.07 Å². The highest BCUT2D eigenvalue weighted by atomic mass is 32.1. The van der Waals surface area contributed by atoms with E-state index in [1.54, 1.807) is 19.1 Å². The van der Waals surface area contributed by atoms with Gasteiger partial charge in [0.2, 0.25) is 0 Å². The highest BCUT2D eigenvalue weighted by Gasteiger charge is 2.31. The van der Waals surface area contributed by atoms with Crippen molar-refractivity contribution in [1.82, 2.24) is 0 Å². The maximum atomic E-state index is 11.3. The minimum absolute atomic E-state index is 0.101. The quantitative estimate of drug-likeness (QED) is 0.436. The summed E-state index contributed by atoms with van der Waals surface area (Å²) in [7, 11) is 0. The molecule has 82 valence electrons. The van der Waals surface area contributed by atoms with Gasteiger partial charge < -0.3 is 4.74 Å². The number of hydrogen-bond acceptors (Lipinski definition) is 5. The molecule has 0 aliphatic carbocycles. The minimum Gasteiger partial charge on any atom is -0.461 e. The molecule has 0 bridgehead atoms. The van der Waals surface area contributed by atoms with E-state index in [4.69, 9.17) is 0 Å². The Morgan fingerprint density at radius 3 is 2.93 bits per heavy atom. The predicted octanol–water partition coefficient (Wildman–Crippen LogP) is 1.50. The first-order valence-corrected chi connectivity index (χ1v) is 5.35. The van der Waals surface area contributed by atoms with Crippen molar-refractivity contribution in [2.45, 2.75) is 19.4 Å². The maximum Gasteiger partial charge on any atom is 0.382 e. The van der Waals surface area contributed by atoms with Crippen molar-refractivity contribution in [2.24, 2.45) is 0 Å². The third-order valence-electron chi connectivity index (χ3n) is 1.79. The van der Waals surface area contributed by atoms with E-state index in [-0.39, 0.29) is 13.0 Å². The number of thiophene rings is 1. The second-order valence-electron chi connectivity index (χ2n) is 2.84. The number of carbonyl (C=O) groups is 1. The lowest BCUT2D eigenvalue weighted by Crippen LogP contribution is -2.33. The van der Waals surface area contributed by atoms with E-state index in [1.807, 2.05) is 5.38 Å². The van der Waals surface area contributed by atoms with Crippen LogP contribution < -0.4 is 0 Å². The Kier molecular flexibility index (Phi) is 4.23. The summed E-state index contributed by atoms with van der Waals surface area (Å²) in [5.41, 5.74) is 0. The molecule has 0 fully saturated rings. The fraction of sp³-hybridized carbons (Fsp3) is 0.444. The van der Waals surface area contributed by atoms with Crippen LogP contribution >= 0.6 is 11.3 Å². The topological polar surface area (TPSA) is 69.4 Å². The maximum absolute atomic E-state index is 11.3. The van der Waals surface area contributed by atoms with Crippen molar-refractivity contribution in [3.8, 4) is 0 Å². The van der Waals surface area contributed by atoms with Crippen LogP contribution in [0.1, 0.15) is 11.8 Å². The van der Waals surface area contributed by atoms with Gasteiger partial charge >= 0.3 is 12.0 Å². The standard InChI is InChI=1S/C9H11NO4S/c1-2-14-9(11)8(10(12)13)6-7-4-3-5-15-7/h3-5,8H,2,6H2,1H3/t8-/m1/s1. The molecule has 0 spiro atoms. The zero-order valence-corrected chi connectivity index (χ0v) is 9.03. The van der Waals surface area contributed by atoms with E-state index >= 15 is 0 Å². The highest BCUT2D eigenvalue weighted by Crippen LogP contribution is 2.13. The van der Waals surface area contributed by atoms with Crippen molar-refractivity contribution in [2.75, 3.05) is 6.61 Å². The van der Waals surface area contributed by atoms with Gasteiger partial charge in [0, 0.05) is 9.80 Å². The summed E-state index contributed by atoms with van der Waals surface area (Å²) in [6.07, 6.45) is 0.101. The van der Waals surface area contributed by atoms with E-state index in [0.29, 0.717) is 0 Å². The van der Waals surface area contributed by atoms with Gasteiger partial charge in [0.05, 0.1) is 13.0 Å². The molecule has 6 heteroatoms. The second kappa shape index (κ2) is 5.45. The van der Waals surface area contributed by atoms with Crippen LogP contribution in [0.2, 0.25) is 0 Å². The molecule has 5 nitrogen and oxygen atoms in total. The van der Waals surface area contributed by atoms with Gasteiger partial charge in [-0.15, -0.1) is 11.3 Å². The molecule has 15 heavy (non-hydrogen) atoms. The summed E-state index contributed by atoms with van der Waals surface area (Å²) in [6, 6.07) is 2.27. The number of hydrogen-bond donors (Lipinski definition) is 0. The third kappa shape index (κ3) is 3.32. The normalized spacial score (nSPS) is 12.1. The van der Waals surface area contributed by atoms with Crippen molar-refractivity contribution in [3.63, 3.8) is 0 Å². The smallest absolute Gasteiger partial charge is 0.382 e. The zero-order valence-electron chi connectivity index (χ0n) is 8.21. The first-order valence-electron chi connectivity index (χ1n) is 4.47. The van der Waals surface area contributed by atoms with E-state index in [2.05, 4.69) is 4.74 Å². The third-order valence-corrected chi connectivity index (χ3v) is 2.69. The molecule has 1 rings (SSSR count). The summed E-state index contributed by atoms with van der Waals surface area (Å²) < 4.78 is 4.64. The van der Waals surface area contributed by atoms with Gasteiger partial charge in [0.1, 0.15) is 0 Å². The Hall–Kier alpha value is -1.43. The van der Waals surface area contributed by atoms with Gasteiger partial charge in [-0.2, -0.15) is 0 Å². The summed E-state index contributed by atoms with van der Waals surface area (Å²) in [5.74, 6) is -0.768. The molecule has 1 heterocycles. The molecule has 0 saturated carbocycles. The monoisotopic (exact) mass is 229 g/mol. The highest BCUT2D eigenvalue weighted by molar-refractivity contribution is 7.09. The van der Waals surface area contributed by atoms with Crippen LogP contribution in [0.4, 0.5) is 0 Å². The Balaban J connectivity index is 2.66. The van der Waals surface area contributed by atoms with Crippen LogP contribution in [0, 0.1) is 10.1 Å². The van der Waals surface area contributed by atoms with E-state index in [0.717, 1.165) is 4.88 Å². The molecule has 0 amide bonds. The first-order chi connectivity index (χ1) is 7.15. The van der Waals surface area contributed by atoms with Gasteiger partial charge in [0.15, 0.2) is 0 Å². The lowest BCUT2D eigenvalue weighted by atomic mass is 10.2. The molecule has 1 aromatic heterocycles. The van der Waals surface area contributed by atoms with Crippen LogP contribution in [-0.4, -0.2) is 23.5 Å². The van der Waals surface area contributed by atoms with Crippen LogP contribution in [0.5, 0.6) is 0 Å². The number of rotatable bonds is 5. The summed E-state index contributed by atoms with van der Waals surface area (Å²) >= 11 is 1.39. The molecule has 1 aromatic rings. The molecular weight excluding hydrogens is 218 g/mol. The number of esters is 1. The van der Waals surface area contributed by atoms with E-state index < -0.39 is 16.9 Å². The van der Waals surface area contributed by atoms with Crippen molar-refractivity contribution in [3.05, 3.63) is 32.5 Å². The van der Waals surface area contributed by atoms with E-state index in [9.17, 15) is 14.9 Å². The zero-order chi connectivity index (χ0) is 11.3. The van der Waals surface area contributed by atoms with Crippen LogP contribution in [0.25, 0.3) is 0 Å². The van der Waals surface area contributed by atoms with E-state index in [1.165, 1.54) is 11.3 Å². The van der Waals surface area contributed by atoms with Crippen molar-refractivity contribution >= 4 is 17.3 Å². The molecule has 0 aliphatic rings. The Morgan fingerprint density at radius 2 is 2.47 bits per heavy atom. The largest absolute Gasteiger partial charge is 0.461 e. The average Bonchev–Trinajstić information content (AvgIpc) is 2.66. The number of nitro groups is 1. The van der Waals surface area contributed by atoms with Crippen LogP contribution in [0.15, 0.2) is 17.5 Å². The SMILES string of the molecule is CCOC(=O)[C@@H](Cc1cccs1)[N+](=O)[O-]. The van der Waals surface area contributed by atoms with Crippen LogP contribution in [0.3, 0.4) is 0 Å². The average molecular weight is 229 g/mol. The number of ether oxygens (including phenoxy) is 1. The molecule has 0 saturated heterocycles. The Labute approximate surface area is 90.8 Å². The molecule has 1 atom stereocenters. The van der Waals surface area contributed by atoms with Gasteiger partial charge in [-0.25, -0.2) is 4.79 Å². The Morgan fingerprint density at radius 1 is 1.73 bits per heavy atom.